The van der Waals surface area contributed by atoms with Gasteiger partial charge in [0, 0.05) is 11.8 Å². The molecule has 0 saturated heterocycles. The molecule has 1 aromatic heterocycles. The van der Waals surface area contributed by atoms with Gasteiger partial charge in [-0.3, -0.25) is 14.6 Å². The molecule has 0 atom stereocenters. The number of esters is 1. The second kappa shape index (κ2) is 4.40. The molecule has 0 fully saturated rings. The Bertz CT molecular complexity index is 431. The summed E-state index contributed by atoms with van der Waals surface area (Å²) < 4.78 is 4.65. The van der Waals surface area contributed by atoms with Gasteiger partial charge in [0.2, 0.25) is 0 Å². The van der Waals surface area contributed by atoms with Gasteiger partial charge in [0.05, 0.1) is 13.0 Å². The maximum absolute atomic E-state index is 11.1. The van der Waals surface area contributed by atoms with Gasteiger partial charge in [0.1, 0.15) is 0 Å². The number of nitrogens with one attached hydrogen (secondary N) is 2. The van der Waals surface area contributed by atoms with Crippen LogP contribution in [0.25, 0.3) is 0 Å². The van der Waals surface area contributed by atoms with Gasteiger partial charge in [-0.1, -0.05) is 0 Å². The van der Waals surface area contributed by atoms with E-state index in [9.17, 15) is 14.4 Å². The molecule has 1 rings (SSSR count). The lowest BCUT2D eigenvalue weighted by Crippen LogP contribution is -2.26. The summed E-state index contributed by atoms with van der Waals surface area (Å²) in [4.78, 5) is 37.0. The third-order valence-electron chi connectivity index (χ3n) is 1.54. The molecule has 76 valence electrons. The Kier molecular flexibility index (Phi) is 3.22. The predicted molar refractivity (Wildman–Crippen MR) is 48.0 cm³/mol. The Hall–Kier alpha value is -1.85. The van der Waals surface area contributed by atoms with Crippen LogP contribution in [0, 0.1) is 0 Å². The first-order valence-corrected chi connectivity index (χ1v) is 4.10. The smallest absolute Gasteiger partial charge is 0.325 e. The van der Waals surface area contributed by atoms with E-state index in [1.54, 1.807) is 6.92 Å². The zero-order chi connectivity index (χ0) is 10.6. The highest BCUT2D eigenvalue weighted by atomic mass is 16.5. The number of aromatic amines is 2. The van der Waals surface area contributed by atoms with Crippen molar-refractivity contribution in [3.63, 3.8) is 0 Å². The van der Waals surface area contributed by atoms with Gasteiger partial charge in [-0.2, -0.15) is 0 Å². The van der Waals surface area contributed by atoms with Crippen LogP contribution < -0.4 is 11.2 Å². The highest BCUT2D eigenvalue weighted by molar-refractivity contribution is 5.72. The van der Waals surface area contributed by atoms with Gasteiger partial charge < -0.3 is 9.72 Å². The van der Waals surface area contributed by atoms with Crippen molar-refractivity contribution in [3.8, 4) is 0 Å². The Morgan fingerprint density at radius 3 is 2.79 bits per heavy atom. The number of hydrogen-bond donors (Lipinski definition) is 2. The molecule has 0 radical (unpaired) electrons. The summed E-state index contributed by atoms with van der Waals surface area (Å²) >= 11 is 0. The summed E-state index contributed by atoms with van der Waals surface area (Å²) in [7, 11) is 0. The number of carbonyl (C=O) groups is 1. The second-order valence-electron chi connectivity index (χ2n) is 2.58. The predicted octanol–water partition coefficient (Wildman–Crippen LogP) is -0.831. The summed E-state index contributed by atoms with van der Waals surface area (Å²) in [5.74, 6) is -0.495. The van der Waals surface area contributed by atoms with Crippen molar-refractivity contribution in [1.29, 1.82) is 0 Å². The third-order valence-corrected chi connectivity index (χ3v) is 1.54. The lowest BCUT2D eigenvalue weighted by molar-refractivity contribution is -0.142. The molecule has 14 heavy (non-hydrogen) atoms. The van der Waals surface area contributed by atoms with E-state index < -0.39 is 17.2 Å². The van der Waals surface area contributed by atoms with Crippen molar-refractivity contribution < 1.29 is 9.53 Å². The molecule has 0 spiro atoms. The van der Waals surface area contributed by atoms with Crippen LogP contribution >= 0.6 is 0 Å². The van der Waals surface area contributed by atoms with E-state index >= 15 is 0 Å². The van der Waals surface area contributed by atoms with Crippen LogP contribution in [0.2, 0.25) is 0 Å². The number of ether oxygens (including phenoxy) is 1. The van der Waals surface area contributed by atoms with Crippen LogP contribution in [0.15, 0.2) is 15.8 Å². The maximum atomic E-state index is 11.1. The van der Waals surface area contributed by atoms with Crippen LogP contribution in [-0.2, 0) is 16.0 Å². The Balaban J connectivity index is 2.82. The number of carbonyl (C=O) groups excluding carboxylic acids is 1. The van der Waals surface area contributed by atoms with E-state index in [2.05, 4.69) is 9.72 Å². The standard InChI is InChI=1S/C8H10N2O4/c1-2-14-6(11)3-5-4-9-8(13)10-7(5)12/h4H,2-3H2,1H3,(H2,9,10,12,13). The van der Waals surface area contributed by atoms with E-state index in [0.29, 0.717) is 0 Å². The normalized spacial score (nSPS) is 9.79. The number of rotatable bonds is 3. The maximum Gasteiger partial charge on any atom is 0.325 e. The minimum absolute atomic E-state index is 0.139. The van der Waals surface area contributed by atoms with Gasteiger partial charge in [0.25, 0.3) is 5.56 Å². The first kappa shape index (κ1) is 10.2. The fourth-order valence-electron chi connectivity index (χ4n) is 0.937. The van der Waals surface area contributed by atoms with Gasteiger partial charge >= 0.3 is 11.7 Å². The molecule has 0 unspecified atom stereocenters. The molecule has 0 aromatic carbocycles. The van der Waals surface area contributed by atoms with E-state index in [0.717, 1.165) is 0 Å². The minimum atomic E-state index is -0.595. The van der Waals surface area contributed by atoms with E-state index in [4.69, 9.17) is 0 Å². The summed E-state index contributed by atoms with van der Waals surface area (Å²) in [6, 6.07) is 0. The summed E-state index contributed by atoms with van der Waals surface area (Å²) in [6.07, 6.45) is 1.07. The largest absolute Gasteiger partial charge is 0.466 e. The number of aromatic nitrogens is 2. The molecule has 0 aliphatic rings. The topological polar surface area (TPSA) is 92.0 Å². The van der Waals surface area contributed by atoms with Crippen LogP contribution in [-0.4, -0.2) is 22.5 Å². The lowest BCUT2D eigenvalue weighted by atomic mass is 10.2. The van der Waals surface area contributed by atoms with Gasteiger partial charge in [0.15, 0.2) is 0 Å². The molecule has 0 saturated carbocycles. The molecule has 0 amide bonds. The molecule has 6 heteroatoms. The minimum Gasteiger partial charge on any atom is -0.466 e. The number of H-pyrrole nitrogens is 2. The van der Waals surface area contributed by atoms with Gasteiger partial charge in [-0.05, 0) is 6.92 Å². The molecule has 2 N–H and O–H groups in total. The van der Waals surface area contributed by atoms with Crippen molar-refractivity contribution in [1.82, 2.24) is 9.97 Å². The van der Waals surface area contributed by atoms with Crippen LogP contribution in [0.1, 0.15) is 12.5 Å². The van der Waals surface area contributed by atoms with E-state index in [1.807, 2.05) is 4.98 Å². The highest BCUT2D eigenvalue weighted by Crippen LogP contribution is 1.90. The molecular formula is C8H10N2O4. The Morgan fingerprint density at radius 2 is 2.21 bits per heavy atom. The van der Waals surface area contributed by atoms with Crippen LogP contribution in [0.4, 0.5) is 0 Å². The monoisotopic (exact) mass is 198 g/mol. The second-order valence-corrected chi connectivity index (χ2v) is 2.58. The van der Waals surface area contributed by atoms with Gasteiger partial charge in [-0.25, -0.2) is 4.79 Å². The first-order chi connectivity index (χ1) is 6.63. The Morgan fingerprint density at radius 1 is 1.50 bits per heavy atom. The van der Waals surface area contributed by atoms with Crippen LogP contribution in [0.3, 0.4) is 0 Å². The molecular weight excluding hydrogens is 188 g/mol. The fraction of sp³-hybridized carbons (Fsp3) is 0.375. The average Bonchev–Trinajstić information content (AvgIpc) is 2.10. The van der Waals surface area contributed by atoms with Crippen molar-refractivity contribution in [2.45, 2.75) is 13.3 Å². The van der Waals surface area contributed by atoms with E-state index in [-0.39, 0.29) is 18.6 Å². The zero-order valence-corrected chi connectivity index (χ0v) is 7.62. The third kappa shape index (κ3) is 2.58. The van der Waals surface area contributed by atoms with Crippen LogP contribution in [0.5, 0.6) is 0 Å². The van der Waals surface area contributed by atoms with E-state index in [1.165, 1.54) is 6.20 Å². The lowest BCUT2D eigenvalue weighted by Gasteiger charge is -1.99. The molecule has 0 bridgehead atoms. The van der Waals surface area contributed by atoms with Crippen molar-refractivity contribution in [2.75, 3.05) is 6.61 Å². The highest BCUT2D eigenvalue weighted by Gasteiger charge is 2.07. The average molecular weight is 198 g/mol. The van der Waals surface area contributed by atoms with Crippen molar-refractivity contribution >= 4 is 5.97 Å². The first-order valence-electron chi connectivity index (χ1n) is 4.10. The summed E-state index contributed by atoms with van der Waals surface area (Å²) in [6.45, 7) is 1.94. The SMILES string of the molecule is CCOC(=O)Cc1c[nH]c(=O)[nH]c1=O. The van der Waals surface area contributed by atoms with Crippen molar-refractivity contribution in [2.24, 2.45) is 0 Å². The van der Waals surface area contributed by atoms with Gasteiger partial charge in [-0.15, -0.1) is 0 Å². The Labute approximate surface area is 78.9 Å². The summed E-state index contributed by atoms with van der Waals surface area (Å²) in [5.41, 5.74) is -0.979. The molecule has 1 heterocycles. The molecule has 0 aliphatic heterocycles. The quantitative estimate of drug-likeness (QED) is 0.620. The molecule has 6 nitrogen and oxygen atoms in total. The summed E-state index contributed by atoms with van der Waals surface area (Å²) in [5, 5.41) is 0. The molecule has 0 aliphatic carbocycles. The fourth-order valence-corrected chi connectivity index (χ4v) is 0.937. The molecule has 1 aromatic rings. The van der Waals surface area contributed by atoms with Crippen molar-refractivity contribution in [3.05, 3.63) is 32.6 Å². The number of hydrogen-bond acceptors (Lipinski definition) is 4. The zero-order valence-electron chi connectivity index (χ0n) is 7.62.